The Morgan fingerprint density at radius 2 is 2.24 bits per heavy atom. The van der Waals surface area contributed by atoms with Gasteiger partial charge in [0.15, 0.2) is 0 Å². The lowest BCUT2D eigenvalue weighted by molar-refractivity contribution is 0.692. The zero-order chi connectivity index (χ0) is 12.3. The summed E-state index contributed by atoms with van der Waals surface area (Å²) in [6.45, 7) is 4.94. The van der Waals surface area contributed by atoms with Crippen LogP contribution in [0.4, 0.5) is 5.82 Å². The maximum absolute atomic E-state index is 4.33. The summed E-state index contributed by atoms with van der Waals surface area (Å²) in [4.78, 5) is 5.42. The van der Waals surface area contributed by atoms with Crippen LogP contribution in [0.3, 0.4) is 0 Å². The second-order valence-electron chi connectivity index (χ2n) is 3.76. The van der Waals surface area contributed by atoms with E-state index in [2.05, 4.69) is 34.5 Å². The van der Waals surface area contributed by atoms with Crippen molar-refractivity contribution in [3.05, 3.63) is 30.1 Å². The van der Waals surface area contributed by atoms with Crippen molar-refractivity contribution in [2.75, 3.05) is 11.9 Å². The van der Waals surface area contributed by atoms with Gasteiger partial charge >= 0.3 is 0 Å². The first-order valence-corrected chi connectivity index (χ1v) is 6.39. The quantitative estimate of drug-likeness (QED) is 0.903. The maximum Gasteiger partial charge on any atom is 0.126 e. The lowest BCUT2D eigenvalue weighted by Gasteiger charge is -2.05. The molecular formula is C12H16N4S. The summed E-state index contributed by atoms with van der Waals surface area (Å²) in [5.41, 5.74) is 1.04. The highest BCUT2D eigenvalue weighted by atomic mass is 32.2. The largest absolute Gasteiger partial charge is 0.370 e. The Balaban J connectivity index is 2.18. The average molecular weight is 248 g/mol. The van der Waals surface area contributed by atoms with Crippen molar-refractivity contribution < 1.29 is 0 Å². The fraction of sp³-hybridized carbons (Fsp3) is 0.333. The number of nitrogens with zero attached hydrogens (tertiary/aromatic N) is 3. The van der Waals surface area contributed by atoms with Gasteiger partial charge in [-0.1, -0.05) is 11.8 Å². The number of aromatic nitrogens is 3. The fourth-order valence-electron chi connectivity index (χ4n) is 1.56. The van der Waals surface area contributed by atoms with Gasteiger partial charge in [-0.15, -0.1) is 0 Å². The molecule has 0 radical (unpaired) electrons. The Hall–Kier alpha value is -1.49. The summed E-state index contributed by atoms with van der Waals surface area (Å²) in [6.07, 6.45) is 1.82. The van der Waals surface area contributed by atoms with Gasteiger partial charge in [-0.3, -0.25) is 4.68 Å². The number of nitrogens with one attached hydrogen (secondary N) is 1. The molecule has 0 amide bonds. The van der Waals surface area contributed by atoms with Crippen LogP contribution in [-0.2, 0) is 7.05 Å². The van der Waals surface area contributed by atoms with E-state index in [1.165, 1.54) is 4.90 Å². The molecule has 0 bridgehead atoms. The standard InChI is InChI=1S/C12H16N4S/c1-4-13-11-8-10(5-6-14-11)17-12-7-9(2)15-16(12)3/h5-8H,4H2,1-3H3,(H,13,14). The second-order valence-corrected chi connectivity index (χ2v) is 4.85. The van der Waals surface area contributed by atoms with Gasteiger partial charge in [0.05, 0.1) is 10.7 Å². The first-order chi connectivity index (χ1) is 8.19. The van der Waals surface area contributed by atoms with Gasteiger partial charge < -0.3 is 5.32 Å². The lowest BCUT2D eigenvalue weighted by atomic mass is 10.4. The minimum Gasteiger partial charge on any atom is -0.370 e. The number of anilines is 1. The second kappa shape index (κ2) is 5.23. The van der Waals surface area contributed by atoms with E-state index in [9.17, 15) is 0 Å². The molecule has 0 spiro atoms. The van der Waals surface area contributed by atoms with E-state index in [0.717, 1.165) is 23.1 Å². The molecule has 2 rings (SSSR count). The molecule has 0 saturated heterocycles. The molecule has 0 aliphatic heterocycles. The van der Waals surface area contributed by atoms with Gasteiger partial charge in [0, 0.05) is 24.7 Å². The van der Waals surface area contributed by atoms with Gasteiger partial charge in [0.2, 0.25) is 0 Å². The van der Waals surface area contributed by atoms with Crippen molar-refractivity contribution in [1.29, 1.82) is 0 Å². The van der Waals surface area contributed by atoms with Gasteiger partial charge in [-0.2, -0.15) is 5.10 Å². The molecule has 2 aromatic heterocycles. The SMILES string of the molecule is CCNc1cc(Sc2cc(C)nn2C)ccn1. The Morgan fingerprint density at radius 3 is 2.88 bits per heavy atom. The van der Waals surface area contributed by atoms with E-state index in [-0.39, 0.29) is 0 Å². The van der Waals surface area contributed by atoms with Crippen LogP contribution < -0.4 is 5.32 Å². The molecule has 90 valence electrons. The third-order valence-electron chi connectivity index (χ3n) is 2.27. The fourth-order valence-corrected chi connectivity index (χ4v) is 2.50. The molecule has 0 aliphatic rings. The topological polar surface area (TPSA) is 42.7 Å². The first-order valence-electron chi connectivity index (χ1n) is 5.57. The summed E-state index contributed by atoms with van der Waals surface area (Å²) in [5.74, 6) is 0.913. The average Bonchev–Trinajstić information content (AvgIpc) is 2.58. The summed E-state index contributed by atoms with van der Waals surface area (Å²) >= 11 is 1.70. The van der Waals surface area contributed by atoms with Crippen molar-refractivity contribution in [2.24, 2.45) is 7.05 Å². The van der Waals surface area contributed by atoms with E-state index in [1.807, 2.05) is 30.9 Å². The highest BCUT2D eigenvalue weighted by Crippen LogP contribution is 2.28. The van der Waals surface area contributed by atoms with Crippen molar-refractivity contribution in [2.45, 2.75) is 23.8 Å². The molecule has 0 atom stereocenters. The molecular weight excluding hydrogens is 232 g/mol. The highest BCUT2D eigenvalue weighted by molar-refractivity contribution is 7.99. The number of pyridine rings is 1. The van der Waals surface area contributed by atoms with Crippen LogP contribution in [0, 0.1) is 6.92 Å². The molecule has 2 aromatic rings. The number of aryl methyl sites for hydroxylation is 2. The molecule has 0 aromatic carbocycles. The van der Waals surface area contributed by atoms with Gasteiger partial charge in [0.1, 0.15) is 5.82 Å². The Labute approximate surface area is 105 Å². The Bertz CT molecular complexity index is 507. The number of hydrogen-bond acceptors (Lipinski definition) is 4. The van der Waals surface area contributed by atoms with Crippen molar-refractivity contribution in [3.63, 3.8) is 0 Å². The molecule has 2 heterocycles. The summed E-state index contributed by atoms with van der Waals surface area (Å²) in [6, 6.07) is 6.14. The molecule has 5 heteroatoms. The van der Waals surface area contributed by atoms with E-state index in [0.29, 0.717) is 0 Å². The third-order valence-corrected chi connectivity index (χ3v) is 3.35. The summed E-state index contributed by atoms with van der Waals surface area (Å²) in [7, 11) is 1.96. The Kier molecular flexibility index (Phi) is 3.68. The van der Waals surface area contributed by atoms with Crippen LogP contribution >= 0.6 is 11.8 Å². The third kappa shape index (κ3) is 3.00. The van der Waals surface area contributed by atoms with Crippen molar-refractivity contribution >= 4 is 17.6 Å². The van der Waals surface area contributed by atoms with Crippen LogP contribution in [0.25, 0.3) is 0 Å². The van der Waals surface area contributed by atoms with Crippen LogP contribution in [-0.4, -0.2) is 21.3 Å². The first kappa shape index (κ1) is 12.0. The molecule has 0 unspecified atom stereocenters. The van der Waals surface area contributed by atoms with Gasteiger partial charge in [0.25, 0.3) is 0 Å². The van der Waals surface area contributed by atoms with Gasteiger partial charge in [-0.05, 0) is 32.0 Å². The van der Waals surface area contributed by atoms with Crippen LogP contribution in [0.5, 0.6) is 0 Å². The predicted molar refractivity (Wildman–Crippen MR) is 70.5 cm³/mol. The molecule has 0 aliphatic carbocycles. The van der Waals surface area contributed by atoms with Gasteiger partial charge in [-0.25, -0.2) is 4.98 Å². The molecule has 4 nitrogen and oxygen atoms in total. The zero-order valence-electron chi connectivity index (χ0n) is 10.3. The van der Waals surface area contributed by atoms with E-state index in [1.54, 1.807) is 11.8 Å². The van der Waals surface area contributed by atoms with E-state index < -0.39 is 0 Å². The van der Waals surface area contributed by atoms with E-state index >= 15 is 0 Å². The minimum atomic E-state index is 0.881. The summed E-state index contributed by atoms with van der Waals surface area (Å²) in [5, 5.41) is 8.67. The molecule has 0 saturated carbocycles. The molecule has 17 heavy (non-hydrogen) atoms. The van der Waals surface area contributed by atoms with Crippen molar-refractivity contribution in [3.8, 4) is 0 Å². The maximum atomic E-state index is 4.33. The van der Waals surface area contributed by atoms with Crippen LogP contribution in [0.1, 0.15) is 12.6 Å². The predicted octanol–water partition coefficient (Wildman–Crippen LogP) is 2.71. The van der Waals surface area contributed by atoms with E-state index in [4.69, 9.17) is 0 Å². The minimum absolute atomic E-state index is 0.881. The number of hydrogen-bond donors (Lipinski definition) is 1. The molecule has 1 N–H and O–H groups in total. The molecule has 0 fully saturated rings. The summed E-state index contributed by atoms with van der Waals surface area (Å²) < 4.78 is 1.90. The lowest BCUT2D eigenvalue weighted by Crippen LogP contribution is -1.98. The van der Waals surface area contributed by atoms with Crippen LogP contribution in [0.2, 0.25) is 0 Å². The smallest absolute Gasteiger partial charge is 0.126 e. The monoisotopic (exact) mass is 248 g/mol. The number of rotatable bonds is 4. The highest BCUT2D eigenvalue weighted by Gasteiger charge is 2.05. The van der Waals surface area contributed by atoms with Crippen molar-refractivity contribution in [1.82, 2.24) is 14.8 Å². The zero-order valence-corrected chi connectivity index (χ0v) is 11.1. The Morgan fingerprint density at radius 1 is 1.41 bits per heavy atom. The normalized spacial score (nSPS) is 10.5. The van der Waals surface area contributed by atoms with Crippen LogP contribution in [0.15, 0.2) is 34.3 Å².